The van der Waals surface area contributed by atoms with Gasteiger partial charge in [-0.2, -0.15) is 0 Å². The Bertz CT molecular complexity index is 581. The van der Waals surface area contributed by atoms with Gasteiger partial charge in [-0.25, -0.2) is 0 Å². The van der Waals surface area contributed by atoms with Crippen molar-refractivity contribution in [1.82, 2.24) is 4.98 Å². The highest BCUT2D eigenvalue weighted by Gasteiger charge is 2.11. The number of rotatable bonds is 4. The number of fused-ring (bicyclic) bond motifs is 1. The summed E-state index contributed by atoms with van der Waals surface area (Å²) in [5.41, 5.74) is 10.5. The Balaban J connectivity index is 2.66. The zero-order chi connectivity index (χ0) is 13.1. The molecule has 0 aliphatic carbocycles. The van der Waals surface area contributed by atoms with Gasteiger partial charge in [0.15, 0.2) is 0 Å². The van der Waals surface area contributed by atoms with Crippen LogP contribution in [0.25, 0.3) is 15.9 Å². The minimum atomic E-state index is 0.672. The summed E-state index contributed by atoms with van der Waals surface area (Å²) >= 11 is 6.27. The average Bonchev–Trinajstić information content (AvgIpc) is 2.80. The molecule has 3 N–H and O–H groups in total. The van der Waals surface area contributed by atoms with Crippen LogP contribution in [0, 0.1) is 0 Å². The van der Waals surface area contributed by atoms with E-state index in [1.165, 1.54) is 22.0 Å². The molecule has 3 heteroatoms. The summed E-state index contributed by atoms with van der Waals surface area (Å²) in [6, 6.07) is 4.24. The van der Waals surface area contributed by atoms with Crippen LogP contribution in [0.1, 0.15) is 30.5 Å². The van der Waals surface area contributed by atoms with E-state index in [1.54, 1.807) is 0 Å². The molecule has 0 saturated carbocycles. The molecule has 2 aromatic rings. The van der Waals surface area contributed by atoms with Crippen LogP contribution in [-0.4, -0.2) is 11.5 Å². The number of hydrogen-bond donors (Lipinski definition) is 2. The van der Waals surface area contributed by atoms with E-state index in [1.807, 2.05) is 13.0 Å². The van der Waals surface area contributed by atoms with Gasteiger partial charge in [0.25, 0.3) is 0 Å². The first-order chi connectivity index (χ1) is 8.72. The molecule has 2 rings (SSSR count). The van der Waals surface area contributed by atoms with Gasteiger partial charge in [0.1, 0.15) is 0 Å². The Kier molecular flexibility index (Phi) is 4.10. The highest BCUT2D eigenvalue weighted by molar-refractivity contribution is 6.49. The van der Waals surface area contributed by atoms with Crippen molar-refractivity contribution in [2.45, 2.75) is 26.7 Å². The fourth-order valence-corrected chi connectivity index (χ4v) is 2.60. The molecular formula is C15H19ClN2. The maximum absolute atomic E-state index is 6.27. The van der Waals surface area contributed by atoms with Crippen LogP contribution < -0.4 is 5.73 Å². The third-order valence-corrected chi connectivity index (χ3v) is 3.75. The van der Waals surface area contributed by atoms with Gasteiger partial charge in [-0.1, -0.05) is 36.7 Å². The Hall–Kier alpha value is -1.25. The number of halogens is 1. The molecule has 0 unspecified atom stereocenters. The van der Waals surface area contributed by atoms with Crippen LogP contribution in [0.4, 0.5) is 0 Å². The van der Waals surface area contributed by atoms with Crippen LogP contribution in [0.5, 0.6) is 0 Å². The first kappa shape index (κ1) is 13.2. The third-order valence-electron chi connectivity index (χ3n) is 3.33. The van der Waals surface area contributed by atoms with Gasteiger partial charge < -0.3 is 10.7 Å². The summed E-state index contributed by atoms with van der Waals surface area (Å²) in [5, 5.41) is 2.07. The van der Waals surface area contributed by atoms with Crippen molar-refractivity contribution >= 4 is 27.5 Å². The summed E-state index contributed by atoms with van der Waals surface area (Å²) in [5.74, 6) is 0. The summed E-state index contributed by atoms with van der Waals surface area (Å²) in [7, 11) is 0. The van der Waals surface area contributed by atoms with Gasteiger partial charge in [-0.15, -0.1) is 0 Å². The van der Waals surface area contributed by atoms with E-state index in [4.69, 9.17) is 17.3 Å². The minimum absolute atomic E-state index is 0.672. The molecule has 0 saturated heterocycles. The zero-order valence-corrected chi connectivity index (χ0v) is 11.6. The lowest BCUT2D eigenvalue weighted by Gasteiger charge is -2.09. The number of aromatic amines is 1. The van der Waals surface area contributed by atoms with Gasteiger partial charge in [-0.05, 0) is 43.0 Å². The molecule has 18 heavy (non-hydrogen) atoms. The lowest BCUT2D eigenvalue weighted by Crippen LogP contribution is -2.01. The van der Waals surface area contributed by atoms with Crippen molar-refractivity contribution in [3.05, 3.63) is 41.1 Å². The summed E-state index contributed by atoms with van der Waals surface area (Å²) in [4.78, 5) is 3.37. The molecule has 0 aliphatic rings. The van der Waals surface area contributed by atoms with Crippen molar-refractivity contribution in [3.8, 4) is 0 Å². The predicted molar refractivity (Wildman–Crippen MR) is 79.9 cm³/mol. The highest BCUT2D eigenvalue weighted by Crippen LogP contribution is 2.31. The number of hydrogen-bond acceptors (Lipinski definition) is 1. The minimum Gasteiger partial charge on any atom is -0.361 e. The number of nitrogens with two attached hydrogens (primary N) is 1. The normalized spacial score (nSPS) is 12.3. The van der Waals surface area contributed by atoms with E-state index in [2.05, 4.69) is 30.2 Å². The van der Waals surface area contributed by atoms with Crippen LogP contribution in [0.3, 0.4) is 0 Å². The smallest absolute Gasteiger partial charge is 0.0495 e. The number of nitrogens with one attached hydrogen (secondary N) is 1. The predicted octanol–water partition coefficient (Wildman–Crippen LogP) is 3.83. The summed E-state index contributed by atoms with van der Waals surface area (Å²) in [6.07, 6.45) is 5.86. The molecule has 0 aliphatic heterocycles. The molecule has 0 bridgehead atoms. The lowest BCUT2D eigenvalue weighted by molar-refractivity contribution is 0.976. The Labute approximate surface area is 113 Å². The molecular weight excluding hydrogens is 244 g/mol. The van der Waals surface area contributed by atoms with E-state index in [-0.39, 0.29) is 0 Å². The fourth-order valence-electron chi connectivity index (χ4n) is 2.43. The molecule has 0 radical (unpaired) electrons. The number of aromatic nitrogens is 1. The van der Waals surface area contributed by atoms with E-state index in [0.29, 0.717) is 6.54 Å². The average molecular weight is 263 g/mol. The highest BCUT2D eigenvalue weighted by atomic mass is 35.5. The molecule has 1 aromatic heterocycles. The topological polar surface area (TPSA) is 41.8 Å². The molecule has 1 aromatic carbocycles. The lowest BCUT2D eigenvalue weighted by atomic mass is 9.99. The SMILES string of the molecule is C/C=C(/Cl)c1ccc2c(CCN)c[nH]c2c1CC. The second-order valence-electron chi connectivity index (χ2n) is 4.36. The van der Waals surface area contributed by atoms with Crippen LogP contribution in [0.15, 0.2) is 24.4 Å². The molecule has 0 fully saturated rings. The first-order valence-electron chi connectivity index (χ1n) is 6.37. The van der Waals surface area contributed by atoms with Gasteiger partial charge in [0.2, 0.25) is 0 Å². The van der Waals surface area contributed by atoms with Crippen LogP contribution in [-0.2, 0) is 12.8 Å². The molecule has 0 atom stereocenters. The van der Waals surface area contributed by atoms with Crippen molar-refractivity contribution in [1.29, 1.82) is 0 Å². The Morgan fingerprint density at radius 1 is 1.44 bits per heavy atom. The van der Waals surface area contributed by atoms with E-state index in [0.717, 1.165) is 23.4 Å². The number of benzene rings is 1. The largest absolute Gasteiger partial charge is 0.361 e. The number of allylic oxidation sites excluding steroid dienone is 1. The number of H-pyrrole nitrogens is 1. The van der Waals surface area contributed by atoms with Gasteiger partial charge in [0.05, 0.1) is 0 Å². The van der Waals surface area contributed by atoms with Crippen molar-refractivity contribution in [2.75, 3.05) is 6.54 Å². The standard InChI is InChI=1S/C15H19ClN2/c1-3-11-13(14(16)4-2)6-5-12-10(7-8-17)9-18-15(11)12/h4-6,9,18H,3,7-8,17H2,1-2H3/b14-4+. The van der Waals surface area contributed by atoms with Crippen LogP contribution >= 0.6 is 11.6 Å². The van der Waals surface area contributed by atoms with Crippen molar-refractivity contribution in [3.63, 3.8) is 0 Å². The monoisotopic (exact) mass is 262 g/mol. The summed E-state index contributed by atoms with van der Waals surface area (Å²) < 4.78 is 0. The second-order valence-corrected chi connectivity index (χ2v) is 4.76. The first-order valence-corrected chi connectivity index (χ1v) is 6.74. The van der Waals surface area contributed by atoms with Crippen molar-refractivity contribution in [2.24, 2.45) is 5.73 Å². The van der Waals surface area contributed by atoms with Gasteiger partial charge in [0, 0.05) is 22.1 Å². The molecule has 2 nitrogen and oxygen atoms in total. The van der Waals surface area contributed by atoms with E-state index < -0.39 is 0 Å². The molecule has 0 spiro atoms. The third kappa shape index (κ3) is 2.18. The Morgan fingerprint density at radius 3 is 2.83 bits per heavy atom. The van der Waals surface area contributed by atoms with Crippen molar-refractivity contribution < 1.29 is 0 Å². The zero-order valence-electron chi connectivity index (χ0n) is 10.9. The maximum Gasteiger partial charge on any atom is 0.0495 e. The maximum atomic E-state index is 6.27. The van der Waals surface area contributed by atoms with E-state index in [9.17, 15) is 0 Å². The quantitative estimate of drug-likeness (QED) is 0.864. The molecule has 0 amide bonds. The molecule has 1 heterocycles. The molecule has 96 valence electrons. The van der Waals surface area contributed by atoms with E-state index >= 15 is 0 Å². The second kappa shape index (κ2) is 5.59. The fraction of sp³-hybridized carbons (Fsp3) is 0.333. The van der Waals surface area contributed by atoms with Crippen LogP contribution in [0.2, 0.25) is 0 Å². The van der Waals surface area contributed by atoms with Gasteiger partial charge in [-0.3, -0.25) is 0 Å². The Morgan fingerprint density at radius 2 is 2.22 bits per heavy atom. The summed E-state index contributed by atoms with van der Waals surface area (Å²) in [6.45, 7) is 4.79. The van der Waals surface area contributed by atoms with Gasteiger partial charge >= 0.3 is 0 Å². The number of aryl methyl sites for hydroxylation is 1.